The van der Waals surface area contributed by atoms with E-state index in [-0.39, 0.29) is 18.6 Å². The van der Waals surface area contributed by atoms with Crippen molar-refractivity contribution in [1.82, 2.24) is 0 Å². The summed E-state index contributed by atoms with van der Waals surface area (Å²) >= 11 is 0. The highest BCUT2D eigenvalue weighted by Gasteiger charge is 2.14. The summed E-state index contributed by atoms with van der Waals surface area (Å²) in [5.74, 6) is -0.901. The van der Waals surface area contributed by atoms with Crippen LogP contribution in [0.2, 0.25) is 0 Å². The molecule has 1 heterocycles. The van der Waals surface area contributed by atoms with Gasteiger partial charge in [-0.1, -0.05) is 0 Å². The molecule has 0 amide bonds. The summed E-state index contributed by atoms with van der Waals surface area (Å²) in [6.07, 6.45) is 2.15. The monoisotopic (exact) mass is 184 g/mol. The Morgan fingerprint density at radius 2 is 1.23 bits per heavy atom. The first-order chi connectivity index (χ1) is 6.18. The molecule has 0 aromatic heterocycles. The van der Waals surface area contributed by atoms with E-state index in [0.29, 0.717) is 25.7 Å². The fraction of sp³-hybridized carbons (Fsp3) is 0.667. The minimum Gasteiger partial charge on any atom is -0.393 e. The van der Waals surface area contributed by atoms with Crippen LogP contribution >= 0.6 is 0 Å². The molecule has 0 spiro atoms. The van der Waals surface area contributed by atoms with Gasteiger partial charge < -0.3 is 4.74 Å². The molecule has 0 radical (unpaired) electrons. The Hall–Kier alpha value is -1.19. The SMILES string of the molecule is O=C1CCCC(=O)OC(=O)CCC1. The van der Waals surface area contributed by atoms with Crippen LogP contribution in [0.25, 0.3) is 0 Å². The average molecular weight is 184 g/mol. The smallest absolute Gasteiger partial charge is 0.313 e. The molecule has 1 aliphatic heterocycles. The zero-order valence-corrected chi connectivity index (χ0v) is 7.38. The largest absolute Gasteiger partial charge is 0.393 e. The number of Topliss-reactive ketones (excluding diaryl/α,β-unsaturated/α-hetero) is 1. The molecule has 1 rings (SSSR count). The molecule has 72 valence electrons. The Bertz CT molecular complexity index is 210. The summed E-state index contributed by atoms with van der Waals surface area (Å²) in [4.78, 5) is 32.8. The second kappa shape index (κ2) is 4.74. The lowest BCUT2D eigenvalue weighted by Crippen LogP contribution is -2.14. The van der Waals surface area contributed by atoms with Gasteiger partial charge in [-0.3, -0.25) is 14.4 Å². The van der Waals surface area contributed by atoms with Crippen molar-refractivity contribution >= 4 is 17.7 Å². The van der Waals surface area contributed by atoms with Crippen LogP contribution in [-0.2, 0) is 19.1 Å². The first-order valence-electron chi connectivity index (χ1n) is 4.43. The number of ketones is 1. The van der Waals surface area contributed by atoms with Gasteiger partial charge in [-0.25, -0.2) is 0 Å². The van der Waals surface area contributed by atoms with Crippen LogP contribution < -0.4 is 0 Å². The van der Waals surface area contributed by atoms with Crippen molar-refractivity contribution in [3.8, 4) is 0 Å². The van der Waals surface area contributed by atoms with Crippen LogP contribution in [0.5, 0.6) is 0 Å². The van der Waals surface area contributed by atoms with Crippen molar-refractivity contribution in [2.24, 2.45) is 0 Å². The third-order valence-corrected chi connectivity index (χ3v) is 1.90. The van der Waals surface area contributed by atoms with Crippen molar-refractivity contribution in [3.05, 3.63) is 0 Å². The van der Waals surface area contributed by atoms with E-state index in [1.807, 2.05) is 0 Å². The number of cyclic esters (lactones) is 2. The lowest BCUT2D eigenvalue weighted by Gasteiger charge is -2.05. The first-order valence-corrected chi connectivity index (χ1v) is 4.43. The second-order valence-corrected chi connectivity index (χ2v) is 3.09. The molecule has 0 aliphatic carbocycles. The number of esters is 2. The molecule has 1 fully saturated rings. The zero-order chi connectivity index (χ0) is 9.68. The van der Waals surface area contributed by atoms with Crippen LogP contribution in [0.4, 0.5) is 0 Å². The minimum absolute atomic E-state index is 0.127. The Morgan fingerprint density at radius 3 is 1.69 bits per heavy atom. The van der Waals surface area contributed by atoms with Gasteiger partial charge in [-0.15, -0.1) is 0 Å². The highest BCUT2D eigenvalue weighted by Crippen LogP contribution is 2.08. The topological polar surface area (TPSA) is 60.4 Å². The number of rotatable bonds is 0. The van der Waals surface area contributed by atoms with Gasteiger partial charge >= 0.3 is 11.9 Å². The molecule has 0 bridgehead atoms. The van der Waals surface area contributed by atoms with E-state index in [9.17, 15) is 14.4 Å². The van der Waals surface area contributed by atoms with Crippen LogP contribution in [0.15, 0.2) is 0 Å². The predicted molar refractivity (Wildman–Crippen MR) is 43.8 cm³/mol. The summed E-state index contributed by atoms with van der Waals surface area (Å²) in [7, 11) is 0. The van der Waals surface area contributed by atoms with E-state index < -0.39 is 11.9 Å². The van der Waals surface area contributed by atoms with Crippen molar-refractivity contribution in [1.29, 1.82) is 0 Å². The molecule has 0 N–H and O–H groups in total. The van der Waals surface area contributed by atoms with Gasteiger partial charge in [-0.2, -0.15) is 0 Å². The maximum atomic E-state index is 11.1. The standard InChI is InChI=1S/C9H12O4/c10-7-3-1-5-8(11)13-9(12)6-2-4-7/h1-6H2. The molecular formula is C9H12O4. The molecule has 13 heavy (non-hydrogen) atoms. The Balaban J connectivity index is 2.46. The van der Waals surface area contributed by atoms with E-state index in [0.717, 1.165) is 0 Å². The first kappa shape index (κ1) is 9.89. The molecule has 0 aromatic rings. The summed E-state index contributed by atoms with van der Waals surface area (Å²) in [6.45, 7) is 0. The van der Waals surface area contributed by atoms with Crippen molar-refractivity contribution in [3.63, 3.8) is 0 Å². The maximum absolute atomic E-state index is 11.1. The molecule has 4 nitrogen and oxygen atoms in total. The molecule has 0 atom stereocenters. The fourth-order valence-electron chi connectivity index (χ4n) is 1.21. The van der Waals surface area contributed by atoms with E-state index in [4.69, 9.17) is 0 Å². The van der Waals surface area contributed by atoms with Crippen molar-refractivity contribution in [2.45, 2.75) is 38.5 Å². The Morgan fingerprint density at radius 1 is 0.769 bits per heavy atom. The quantitative estimate of drug-likeness (QED) is 0.416. The minimum atomic E-state index is -0.514. The van der Waals surface area contributed by atoms with Gasteiger partial charge in [0, 0.05) is 25.7 Å². The number of hydrogen-bond acceptors (Lipinski definition) is 4. The van der Waals surface area contributed by atoms with Crippen LogP contribution in [0, 0.1) is 0 Å². The summed E-state index contributed by atoms with van der Waals surface area (Å²) in [5, 5.41) is 0. The predicted octanol–water partition coefficient (Wildman–Crippen LogP) is 0.979. The number of carbonyl (C=O) groups is 3. The molecule has 1 saturated heterocycles. The lowest BCUT2D eigenvalue weighted by molar-refractivity contribution is -0.159. The van der Waals surface area contributed by atoms with Gasteiger partial charge in [0.05, 0.1) is 0 Å². The molecule has 1 aliphatic rings. The molecule has 0 aromatic carbocycles. The van der Waals surface area contributed by atoms with E-state index in [2.05, 4.69) is 4.74 Å². The molecule has 0 unspecified atom stereocenters. The third-order valence-electron chi connectivity index (χ3n) is 1.90. The van der Waals surface area contributed by atoms with Gasteiger partial charge in [0.25, 0.3) is 0 Å². The fourth-order valence-corrected chi connectivity index (χ4v) is 1.21. The highest BCUT2D eigenvalue weighted by molar-refractivity contribution is 5.87. The van der Waals surface area contributed by atoms with Gasteiger partial charge in [-0.05, 0) is 12.8 Å². The molecule has 4 heteroatoms. The molecule has 0 saturated carbocycles. The van der Waals surface area contributed by atoms with E-state index in [1.54, 1.807) is 0 Å². The number of ether oxygens (including phenoxy) is 1. The van der Waals surface area contributed by atoms with E-state index in [1.165, 1.54) is 0 Å². The van der Waals surface area contributed by atoms with E-state index >= 15 is 0 Å². The van der Waals surface area contributed by atoms with Crippen LogP contribution in [-0.4, -0.2) is 17.7 Å². The zero-order valence-electron chi connectivity index (χ0n) is 7.38. The Kier molecular flexibility index (Phi) is 3.61. The second-order valence-electron chi connectivity index (χ2n) is 3.09. The lowest BCUT2D eigenvalue weighted by atomic mass is 10.1. The number of carbonyl (C=O) groups excluding carboxylic acids is 3. The van der Waals surface area contributed by atoms with Gasteiger partial charge in [0.2, 0.25) is 0 Å². The van der Waals surface area contributed by atoms with Crippen LogP contribution in [0.3, 0.4) is 0 Å². The summed E-state index contributed by atoms with van der Waals surface area (Å²) in [6, 6.07) is 0. The normalized spacial score (nSPS) is 21.1. The maximum Gasteiger partial charge on any atom is 0.313 e. The Labute approximate surface area is 76.3 Å². The number of hydrogen-bond donors (Lipinski definition) is 0. The van der Waals surface area contributed by atoms with Crippen LogP contribution in [0.1, 0.15) is 38.5 Å². The summed E-state index contributed by atoms with van der Waals surface area (Å²) < 4.78 is 4.47. The van der Waals surface area contributed by atoms with Gasteiger partial charge in [0.15, 0.2) is 0 Å². The van der Waals surface area contributed by atoms with Crippen molar-refractivity contribution in [2.75, 3.05) is 0 Å². The van der Waals surface area contributed by atoms with Crippen molar-refractivity contribution < 1.29 is 19.1 Å². The third kappa shape index (κ3) is 3.83. The summed E-state index contributed by atoms with van der Waals surface area (Å²) in [5.41, 5.74) is 0. The molecular weight excluding hydrogens is 172 g/mol. The van der Waals surface area contributed by atoms with Gasteiger partial charge in [0.1, 0.15) is 5.78 Å². The average Bonchev–Trinajstić information content (AvgIpc) is 2.03. The highest BCUT2D eigenvalue weighted by atomic mass is 16.6.